The van der Waals surface area contributed by atoms with E-state index in [-0.39, 0.29) is 7.92 Å². The van der Waals surface area contributed by atoms with Crippen LogP contribution in [0.15, 0.2) is 61.4 Å². The molecule has 30 heavy (non-hydrogen) atoms. The van der Waals surface area contributed by atoms with Crippen molar-refractivity contribution in [2.45, 2.75) is 64.2 Å². The lowest BCUT2D eigenvalue weighted by Crippen LogP contribution is -2.26. The first-order chi connectivity index (χ1) is 14.2. The Bertz CT molecular complexity index is 881. The number of rotatable bonds is 6. The Kier molecular flexibility index (Phi) is 7.32. The molecule has 6 heteroatoms. The summed E-state index contributed by atoms with van der Waals surface area (Å²) in [5.74, 6) is 0. The quantitative estimate of drug-likeness (QED) is 0.479. The van der Waals surface area contributed by atoms with E-state index in [4.69, 9.17) is 0 Å². The third-order valence-electron chi connectivity index (χ3n) is 5.05. The monoisotopic (exact) mass is 438 g/mol. The van der Waals surface area contributed by atoms with Crippen molar-refractivity contribution in [3.63, 3.8) is 0 Å². The molecule has 0 atom stereocenters. The van der Waals surface area contributed by atoms with Crippen LogP contribution in [0.4, 0.5) is 0 Å². The molecule has 0 aliphatic carbocycles. The summed E-state index contributed by atoms with van der Waals surface area (Å²) < 4.78 is 0. The molecule has 0 aliphatic heterocycles. The molecule has 3 aromatic rings. The van der Waals surface area contributed by atoms with E-state index in [0.29, 0.717) is 10.3 Å². The zero-order valence-corrected chi connectivity index (χ0v) is 20.7. The standard InChI is InChI=1S/C24H32N4P2/c1-23(2,3)30(24(4,5)6)18-20-10-8-7-9-19(20)17-29(21-15-25-11-13-27-21)22-16-26-12-14-28-22/h7-16H,17-18H2,1-6H3. The second kappa shape index (κ2) is 9.58. The molecule has 0 aliphatic rings. The van der Waals surface area contributed by atoms with Crippen LogP contribution in [0, 0.1) is 0 Å². The Morgan fingerprint density at radius 1 is 0.667 bits per heavy atom. The minimum absolute atomic E-state index is 0.217. The summed E-state index contributed by atoms with van der Waals surface area (Å²) in [5, 5.41) is 0.586. The van der Waals surface area contributed by atoms with E-state index < -0.39 is 7.92 Å². The van der Waals surface area contributed by atoms with E-state index in [1.54, 1.807) is 24.8 Å². The molecule has 0 bridgehead atoms. The lowest BCUT2D eigenvalue weighted by Gasteiger charge is -2.42. The normalized spacial score (nSPS) is 12.5. The largest absolute Gasteiger partial charge is 0.261 e. The van der Waals surface area contributed by atoms with Crippen LogP contribution in [-0.2, 0) is 12.3 Å². The molecular weight excluding hydrogens is 406 g/mol. The molecule has 0 N–H and O–H groups in total. The Hall–Kier alpha value is -1.76. The van der Waals surface area contributed by atoms with Crippen LogP contribution in [-0.4, -0.2) is 30.2 Å². The maximum Gasteiger partial charge on any atom is 0.0877 e. The summed E-state index contributed by atoms with van der Waals surface area (Å²) in [6.07, 6.45) is 12.8. The molecule has 0 saturated carbocycles. The highest BCUT2D eigenvalue weighted by molar-refractivity contribution is 7.71. The summed E-state index contributed by atoms with van der Waals surface area (Å²) in [5.41, 5.74) is 4.84. The average molecular weight is 438 g/mol. The number of aromatic nitrogens is 4. The fourth-order valence-electron chi connectivity index (χ4n) is 3.83. The van der Waals surface area contributed by atoms with Gasteiger partial charge in [-0.3, -0.25) is 19.9 Å². The fraction of sp³-hybridized carbons (Fsp3) is 0.417. The first-order valence-electron chi connectivity index (χ1n) is 10.3. The molecule has 1 aromatic carbocycles. The second-order valence-electron chi connectivity index (χ2n) is 9.41. The van der Waals surface area contributed by atoms with Gasteiger partial charge in [-0.2, -0.15) is 0 Å². The van der Waals surface area contributed by atoms with Crippen LogP contribution in [0.5, 0.6) is 0 Å². The highest BCUT2D eigenvalue weighted by atomic mass is 31.1. The second-order valence-corrected chi connectivity index (χ2v) is 15.4. The van der Waals surface area contributed by atoms with E-state index in [9.17, 15) is 0 Å². The van der Waals surface area contributed by atoms with Crippen LogP contribution in [0.2, 0.25) is 0 Å². The molecule has 0 amide bonds. The number of benzene rings is 1. The van der Waals surface area contributed by atoms with E-state index in [1.165, 1.54) is 11.1 Å². The molecule has 4 nitrogen and oxygen atoms in total. The van der Waals surface area contributed by atoms with Gasteiger partial charge in [0.1, 0.15) is 0 Å². The van der Waals surface area contributed by atoms with Gasteiger partial charge in [0.05, 0.1) is 23.3 Å². The minimum Gasteiger partial charge on any atom is -0.261 e. The van der Waals surface area contributed by atoms with Gasteiger partial charge in [-0.25, -0.2) is 0 Å². The van der Waals surface area contributed by atoms with Crippen molar-refractivity contribution in [2.24, 2.45) is 0 Å². The number of hydrogen-bond donors (Lipinski definition) is 0. The zero-order valence-electron chi connectivity index (χ0n) is 18.9. The van der Waals surface area contributed by atoms with Gasteiger partial charge in [-0.1, -0.05) is 73.7 Å². The first kappa shape index (κ1) is 22.9. The summed E-state index contributed by atoms with van der Waals surface area (Å²) >= 11 is 0. The summed E-state index contributed by atoms with van der Waals surface area (Å²) in [6.45, 7) is 14.3. The Morgan fingerprint density at radius 2 is 1.13 bits per heavy atom. The smallest absolute Gasteiger partial charge is 0.0877 e. The third-order valence-corrected chi connectivity index (χ3v) is 11.2. The Morgan fingerprint density at radius 3 is 1.53 bits per heavy atom. The molecule has 0 spiro atoms. The van der Waals surface area contributed by atoms with Gasteiger partial charge < -0.3 is 0 Å². The summed E-state index contributed by atoms with van der Waals surface area (Å²) in [7, 11) is -0.982. The Balaban J connectivity index is 1.98. The van der Waals surface area contributed by atoms with E-state index in [1.807, 2.05) is 12.4 Å². The molecule has 3 rings (SSSR count). The van der Waals surface area contributed by atoms with Crippen molar-refractivity contribution in [3.8, 4) is 0 Å². The minimum atomic E-state index is -0.765. The lowest BCUT2D eigenvalue weighted by atomic mass is 10.1. The molecular formula is C24H32N4P2. The van der Waals surface area contributed by atoms with Crippen molar-refractivity contribution in [2.75, 3.05) is 0 Å². The van der Waals surface area contributed by atoms with Crippen molar-refractivity contribution in [1.82, 2.24) is 19.9 Å². The molecule has 0 unspecified atom stereocenters. The Labute approximate surface area is 183 Å². The summed E-state index contributed by atoms with van der Waals surface area (Å²) in [6, 6.07) is 8.90. The summed E-state index contributed by atoms with van der Waals surface area (Å²) in [4.78, 5) is 17.9. The van der Waals surface area contributed by atoms with Crippen LogP contribution in [0.1, 0.15) is 52.7 Å². The topological polar surface area (TPSA) is 51.6 Å². The lowest BCUT2D eigenvalue weighted by molar-refractivity contribution is 0.702. The van der Waals surface area contributed by atoms with Crippen molar-refractivity contribution >= 4 is 26.7 Å². The van der Waals surface area contributed by atoms with Gasteiger partial charge in [0, 0.05) is 38.9 Å². The molecule has 2 aromatic heterocycles. The van der Waals surface area contributed by atoms with Crippen LogP contribution < -0.4 is 10.9 Å². The molecule has 158 valence electrons. The van der Waals surface area contributed by atoms with Crippen molar-refractivity contribution in [3.05, 3.63) is 72.6 Å². The van der Waals surface area contributed by atoms with Gasteiger partial charge in [-0.15, -0.1) is 0 Å². The molecule has 0 radical (unpaired) electrons. The predicted octanol–water partition coefficient (Wildman–Crippen LogP) is 5.48. The highest BCUT2D eigenvalue weighted by Crippen LogP contribution is 2.61. The van der Waals surface area contributed by atoms with Gasteiger partial charge >= 0.3 is 0 Å². The third kappa shape index (κ3) is 5.90. The van der Waals surface area contributed by atoms with E-state index in [0.717, 1.165) is 23.2 Å². The van der Waals surface area contributed by atoms with Gasteiger partial charge in [0.2, 0.25) is 0 Å². The van der Waals surface area contributed by atoms with Crippen molar-refractivity contribution in [1.29, 1.82) is 0 Å². The van der Waals surface area contributed by atoms with Crippen LogP contribution >= 0.6 is 15.8 Å². The fourth-order valence-corrected chi connectivity index (χ4v) is 9.47. The highest BCUT2D eigenvalue weighted by Gasteiger charge is 2.34. The van der Waals surface area contributed by atoms with Crippen LogP contribution in [0.25, 0.3) is 0 Å². The van der Waals surface area contributed by atoms with Gasteiger partial charge in [-0.05, 0) is 27.6 Å². The SMILES string of the molecule is CC(C)(C)P(Cc1ccccc1CP(c1cnccn1)c1cnccn1)C(C)(C)C. The van der Waals surface area contributed by atoms with Gasteiger partial charge in [0.25, 0.3) is 0 Å². The predicted molar refractivity (Wildman–Crippen MR) is 131 cm³/mol. The molecule has 0 fully saturated rings. The first-order valence-corrected chi connectivity index (χ1v) is 13.4. The molecule has 0 saturated heterocycles. The average Bonchev–Trinajstić information content (AvgIpc) is 2.70. The van der Waals surface area contributed by atoms with E-state index >= 15 is 0 Å². The van der Waals surface area contributed by atoms with Crippen molar-refractivity contribution < 1.29 is 0 Å². The van der Waals surface area contributed by atoms with E-state index in [2.05, 4.69) is 85.7 Å². The zero-order chi connectivity index (χ0) is 21.8. The number of nitrogens with zero attached hydrogens (tertiary/aromatic N) is 4. The maximum absolute atomic E-state index is 4.62. The number of hydrogen-bond acceptors (Lipinski definition) is 4. The van der Waals surface area contributed by atoms with Crippen LogP contribution in [0.3, 0.4) is 0 Å². The van der Waals surface area contributed by atoms with Gasteiger partial charge in [0.15, 0.2) is 0 Å². The maximum atomic E-state index is 4.62. The molecule has 2 heterocycles.